The van der Waals surface area contributed by atoms with Gasteiger partial charge in [0, 0.05) is 18.8 Å². The molecule has 0 saturated heterocycles. The Hall–Kier alpha value is -1.72. The van der Waals surface area contributed by atoms with Crippen molar-refractivity contribution in [3.8, 4) is 22.5 Å². The molecule has 2 heterocycles. The zero-order valence-corrected chi connectivity index (χ0v) is 21.7. The third-order valence-electron chi connectivity index (χ3n) is 4.99. The van der Waals surface area contributed by atoms with Crippen LogP contribution in [-0.2, 0) is 13.2 Å². The number of carbonyl (C=O) groups is 1. The Morgan fingerprint density at radius 3 is 2.47 bits per heavy atom. The predicted octanol–water partition coefficient (Wildman–Crippen LogP) is 0.540. The summed E-state index contributed by atoms with van der Waals surface area (Å²) in [5.41, 5.74) is 4.17. The van der Waals surface area contributed by atoms with E-state index in [0.717, 1.165) is 22.3 Å². The molecule has 0 unspecified atom stereocenters. The van der Waals surface area contributed by atoms with E-state index in [1.54, 1.807) is 4.57 Å². The number of benzene rings is 2. The molecule has 0 saturated carbocycles. The summed E-state index contributed by atoms with van der Waals surface area (Å²) in [5.74, 6) is 0.657. The first-order valence-corrected chi connectivity index (χ1v) is 10.3. The van der Waals surface area contributed by atoms with Gasteiger partial charge in [0.05, 0.1) is 12.3 Å². The number of nitrogens with zero attached hydrogens (tertiary/aromatic N) is 6. The van der Waals surface area contributed by atoms with Crippen molar-refractivity contribution in [2.45, 2.75) is 32.9 Å². The van der Waals surface area contributed by atoms with Crippen molar-refractivity contribution in [1.82, 2.24) is 30.2 Å². The molecule has 0 aliphatic heterocycles. The normalized spacial score (nSPS) is 10.7. The van der Waals surface area contributed by atoms with Crippen LogP contribution in [0, 0.1) is 0 Å². The van der Waals surface area contributed by atoms with E-state index < -0.39 is 0 Å². The fraction of sp³-hybridized carbons (Fsp3) is 0.227. The summed E-state index contributed by atoms with van der Waals surface area (Å²) >= 11 is 6.17. The van der Waals surface area contributed by atoms with E-state index in [2.05, 4.69) is 25.6 Å². The average Bonchev–Trinajstić information content (AvgIpc) is 3.43. The number of hydrogen-bond donors (Lipinski definition) is 1. The van der Waals surface area contributed by atoms with E-state index in [1.165, 1.54) is 0 Å². The smallest absolute Gasteiger partial charge is 0.390 e. The van der Waals surface area contributed by atoms with Crippen molar-refractivity contribution in [2.75, 3.05) is 0 Å². The number of aliphatic hydroxyl groups excluding tert-OH is 1. The standard InChI is InChI=1S/C22H20ClN6O2.K/c1-2-5-19(31)22-24-20(23)18(13-30)29(22)12-14-8-10-15(11-9-14)16-6-3-4-7-17(16)21-25-27-28-26-21;/h3-4,6-11,30H,2,5,12-13H2,1H3;/q-1;+1. The average molecular weight is 475 g/mol. The van der Waals surface area contributed by atoms with Crippen LogP contribution < -0.4 is 56.5 Å². The molecule has 4 rings (SSSR count). The van der Waals surface area contributed by atoms with Crippen LogP contribution in [0.5, 0.6) is 0 Å². The van der Waals surface area contributed by atoms with Crippen LogP contribution in [0.25, 0.3) is 22.5 Å². The maximum atomic E-state index is 12.5. The number of ketones is 1. The van der Waals surface area contributed by atoms with Gasteiger partial charge in [0.1, 0.15) is 0 Å². The number of aromatic nitrogens is 6. The molecule has 0 radical (unpaired) electrons. The summed E-state index contributed by atoms with van der Waals surface area (Å²) in [6, 6.07) is 15.7. The van der Waals surface area contributed by atoms with Crippen LogP contribution in [-0.4, -0.2) is 36.0 Å². The Bertz CT molecular complexity index is 1190. The Kier molecular flexibility index (Phi) is 8.89. The van der Waals surface area contributed by atoms with Crippen molar-refractivity contribution < 1.29 is 61.3 Å². The van der Waals surface area contributed by atoms with E-state index in [1.807, 2.05) is 55.5 Å². The van der Waals surface area contributed by atoms with E-state index in [9.17, 15) is 9.90 Å². The van der Waals surface area contributed by atoms with E-state index in [0.29, 0.717) is 30.9 Å². The summed E-state index contributed by atoms with van der Waals surface area (Å²) in [5, 5.41) is 24.9. The maximum absolute atomic E-state index is 12.5. The van der Waals surface area contributed by atoms with Crippen LogP contribution in [0.1, 0.15) is 41.6 Å². The van der Waals surface area contributed by atoms with Crippen molar-refractivity contribution in [3.05, 3.63) is 70.8 Å². The molecule has 10 heteroatoms. The minimum absolute atomic E-state index is 0. The van der Waals surface area contributed by atoms with E-state index >= 15 is 0 Å². The SMILES string of the molecule is CCCC(=O)c1nc(Cl)c(CO)n1Cc1ccc(-c2ccccc2-c2nnn[n-]2)cc1.[K+]. The van der Waals surface area contributed by atoms with Gasteiger partial charge in [-0.15, -0.1) is 0 Å². The Labute approximate surface area is 232 Å². The van der Waals surface area contributed by atoms with Gasteiger partial charge >= 0.3 is 51.4 Å². The van der Waals surface area contributed by atoms with Gasteiger partial charge in [-0.25, -0.2) is 4.98 Å². The first-order chi connectivity index (χ1) is 15.1. The number of tetrazole rings is 1. The molecule has 8 nitrogen and oxygen atoms in total. The molecule has 0 amide bonds. The Balaban J connectivity index is 0.00000289. The number of halogens is 1. The zero-order valence-electron chi connectivity index (χ0n) is 17.9. The molecular formula is C22H20ClKN6O2. The van der Waals surface area contributed by atoms with Crippen LogP contribution in [0.4, 0.5) is 0 Å². The van der Waals surface area contributed by atoms with Crippen molar-refractivity contribution in [1.29, 1.82) is 0 Å². The first-order valence-electron chi connectivity index (χ1n) is 9.88. The molecule has 158 valence electrons. The fourth-order valence-corrected chi connectivity index (χ4v) is 3.73. The van der Waals surface area contributed by atoms with Crippen molar-refractivity contribution in [2.24, 2.45) is 0 Å². The summed E-state index contributed by atoms with van der Waals surface area (Å²) < 4.78 is 1.69. The molecule has 0 bridgehead atoms. The molecule has 0 fully saturated rings. The summed E-state index contributed by atoms with van der Waals surface area (Å²) in [6.07, 6.45) is 1.09. The number of imidazole rings is 1. The number of aliphatic hydroxyl groups is 1. The predicted molar refractivity (Wildman–Crippen MR) is 116 cm³/mol. The van der Waals surface area contributed by atoms with E-state index in [-0.39, 0.29) is 74.8 Å². The van der Waals surface area contributed by atoms with Crippen LogP contribution >= 0.6 is 11.6 Å². The second kappa shape index (κ2) is 11.4. The molecule has 32 heavy (non-hydrogen) atoms. The third kappa shape index (κ3) is 5.25. The maximum Gasteiger partial charge on any atom is 1.00 e. The van der Waals surface area contributed by atoms with Crippen LogP contribution in [0.2, 0.25) is 5.15 Å². The monoisotopic (exact) mass is 474 g/mol. The third-order valence-corrected chi connectivity index (χ3v) is 5.30. The number of Topliss-reactive ketones (excluding diaryl/α,β-unsaturated/α-hetero) is 1. The minimum atomic E-state index is -0.293. The number of rotatable bonds is 8. The molecule has 0 aliphatic carbocycles. The Morgan fingerprint density at radius 2 is 1.84 bits per heavy atom. The Morgan fingerprint density at radius 1 is 1.12 bits per heavy atom. The van der Waals surface area contributed by atoms with Gasteiger partial charge in [0.15, 0.2) is 16.8 Å². The van der Waals surface area contributed by atoms with Gasteiger partial charge in [-0.3, -0.25) is 15.1 Å². The van der Waals surface area contributed by atoms with E-state index in [4.69, 9.17) is 11.6 Å². The topological polar surface area (TPSA) is 108 Å². The number of carbonyl (C=O) groups excluding carboxylic acids is 1. The molecule has 2 aromatic heterocycles. The second-order valence-electron chi connectivity index (χ2n) is 7.04. The quantitative estimate of drug-likeness (QED) is 0.293. The first kappa shape index (κ1) is 24.9. The molecule has 1 N–H and O–H groups in total. The van der Waals surface area contributed by atoms with Crippen LogP contribution in [0.3, 0.4) is 0 Å². The van der Waals surface area contributed by atoms with Crippen LogP contribution in [0.15, 0.2) is 48.5 Å². The van der Waals surface area contributed by atoms with Gasteiger partial charge < -0.3 is 14.8 Å². The summed E-state index contributed by atoms with van der Waals surface area (Å²) in [7, 11) is 0. The number of hydrogen-bond acceptors (Lipinski definition) is 6. The second-order valence-corrected chi connectivity index (χ2v) is 7.39. The van der Waals surface area contributed by atoms with Crippen molar-refractivity contribution >= 4 is 17.4 Å². The van der Waals surface area contributed by atoms with Gasteiger partial charge in [-0.05, 0) is 28.7 Å². The minimum Gasteiger partial charge on any atom is -0.390 e. The summed E-state index contributed by atoms with van der Waals surface area (Å²) in [4.78, 5) is 16.7. The molecule has 2 aromatic carbocycles. The van der Waals surface area contributed by atoms with Crippen molar-refractivity contribution in [3.63, 3.8) is 0 Å². The summed E-state index contributed by atoms with van der Waals surface area (Å²) in [6.45, 7) is 2.02. The molecular weight excluding hydrogens is 455 g/mol. The molecule has 0 aliphatic rings. The van der Waals surface area contributed by atoms with Gasteiger partial charge in [-0.1, -0.05) is 67.1 Å². The molecule has 0 spiro atoms. The molecule has 0 atom stereocenters. The van der Waals surface area contributed by atoms with Gasteiger partial charge in [-0.2, -0.15) is 5.21 Å². The fourth-order valence-electron chi connectivity index (χ4n) is 3.48. The van der Waals surface area contributed by atoms with Gasteiger partial charge in [0.2, 0.25) is 0 Å². The zero-order chi connectivity index (χ0) is 21.8. The van der Waals surface area contributed by atoms with Gasteiger partial charge in [0.25, 0.3) is 0 Å². The molecule has 4 aromatic rings. The largest absolute Gasteiger partial charge is 1.00 e.